The lowest BCUT2D eigenvalue weighted by molar-refractivity contribution is 0.0594. The number of carbonyl (C=O) groups excluding carboxylic acids is 1. The van der Waals surface area contributed by atoms with Gasteiger partial charge in [0.1, 0.15) is 0 Å². The smallest absolute Gasteiger partial charge is 0.255 e. The lowest BCUT2D eigenvalue weighted by atomic mass is 10.1. The first-order chi connectivity index (χ1) is 11.7. The number of aromatic nitrogens is 2. The number of halogens is 1. The molecule has 1 aliphatic rings. The molecule has 1 fully saturated rings. The third-order valence-electron chi connectivity index (χ3n) is 4.22. The van der Waals surface area contributed by atoms with Gasteiger partial charge < -0.3 is 9.64 Å². The largest absolute Gasteiger partial charge is 0.383 e. The molecule has 3 rings (SSSR count). The topological polar surface area (TPSA) is 50.6 Å². The van der Waals surface area contributed by atoms with Crippen LogP contribution < -0.4 is 0 Å². The van der Waals surface area contributed by atoms with E-state index < -0.39 is 0 Å². The van der Waals surface area contributed by atoms with Gasteiger partial charge in [0.15, 0.2) is 0 Å². The minimum atomic E-state index is -0.0274. The molecule has 128 valence electrons. The quantitative estimate of drug-likeness (QED) is 0.828. The summed E-state index contributed by atoms with van der Waals surface area (Å²) in [4.78, 5) is 17.0. The van der Waals surface area contributed by atoms with E-state index in [1.807, 2.05) is 23.2 Å². The molecule has 2 aromatic rings. The van der Waals surface area contributed by atoms with Gasteiger partial charge in [0, 0.05) is 52.2 Å². The number of amides is 1. The fraction of sp³-hybridized carbons (Fsp3) is 0.412. The average Bonchev–Trinajstić information content (AvgIpc) is 3.15. The van der Waals surface area contributed by atoms with Crippen LogP contribution in [0.2, 0.25) is 5.02 Å². The molecule has 0 atom stereocenters. The van der Waals surface area contributed by atoms with Crippen LogP contribution in [0.25, 0.3) is 5.69 Å². The molecule has 1 amide bonds. The van der Waals surface area contributed by atoms with Crippen LogP contribution in [0.3, 0.4) is 0 Å². The SMILES string of the molecule is COCCN1CCN(C(=O)c2cc(-n3cccn3)ccc2Cl)CC1. The number of ether oxygens (including phenoxy) is 1. The normalized spacial score (nSPS) is 15.7. The Hall–Kier alpha value is -1.89. The molecule has 2 heterocycles. The summed E-state index contributed by atoms with van der Waals surface area (Å²) in [5.41, 5.74) is 1.35. The fourth-order valence-corrected chi connectivity index (χ4v) is 3.00. The number of piperazine rings is 1. The van der Waals surface area contributed by atoms with E-state index in [0.29, 0.717) is 30.3 Å². The highest BCUT2D eigenvalue weighted by Crippen LogP contribution is 2.22. The number of nitrogens with zero attached hydrogens (tertiary/aromatic N) is 4. The molecule has 6 nitrogen and oxygen atoms in total. The maximum Gasteiger partial charge on any atom is 0.255 e. The number of hydrogen-bond donors (Lipinski definition) is 0. The lowest BCUT2D eigenvalue weighted by Crippen LogP contribution is -2.49. The highest BCUT2D eigenvalue weighted by Gasteiger charge is 2.23. The predicted octanol–water partition coefficient (Wildman–Crippen LogP) is 1.93. The summed E-state index contributed by atoms with van der Waals surface area (Å²) in [7, 11) is 1.70. The van der Waals surface area contributed by atoms with Gasteiger partial charge in [-0.25, -0.2) is 4.68 Å². The molecular formula is C17H21ClN4O2. The Bertz CT molecular complexity index is 682. The fourth-order valence-electron chi connectivity index (χ4n) is 2.81. The molecule has 0 aliphatic carbocycles. The van der Waals surface area contributed by atoms with E-state index in [-0.39, 0.29) is 5.91 Å². The summed E-state index contributed by atoms with van der Waals surface area (Å²) in [6.45, 7) is 4.71. The number of rotatable bonds is 5. The molecule has 1 aromatic carbocycles. The average molecular weight is 349 g/mol. The van der Waals surface area contributed by atoms with E-state index in [9.17, 15) is 4.79 Å². The van der Waals surface area contributed by atoms with Gasteiger partial charge in [-0.2, -0.15) is 5.10 Å². The first-order valence-corrected chi connectivity index (χ1v) is 8.37. The highest BCUT2D eigenvalue weighted by atomic mass is 35.5. The summed E-state index contributed by atoms with van der Waals surface area (Å²) in [5, 5.41) is 4.67. The second-order valence-electron chi connectivity index (χ2n) is 5.74. The molecule has 24 heavy (non-hydrogen) atoms. The number of hydrogen-bond acceptors (Lipinski definition) is 4. The van der Waals surface area contributed by atoms with Crippen LogP contribution in [0, 0.1) is 0 Å². The zero-order chi connectivity index (χ0) is 16.9. The van der Waals surface area contributed by atoms with Crippen LogP contribution in [0.1, 0.15) is 10.4 Å². The molecule has 1 aliphatic heterocycles. The van der Waals surface area contributed by atoms with E-state index in [0.717, 1.165) is 25.3 Å². The Morgan fingerprint density at radius 2 is 2.08 bits per heavy atom. The molecule has 0 unspecified atom stereocenters. The van der Waals surface area contributed by atoms with Gasteiger partial charge in [-0.15, -0.1) is 0 Å². The highest BCUT2D eigenvalue weighted by molar-refractivity contribution is 6.33. The zero-order valence-electron chi connectivity index (χ0n) is 13.7. The van der Waals surface area contributed by atoms with E-state index in [2.05, 4.69) is 10.00 Å². The second-order valence-corrected chi connectivity index (χ2v) is 6.15. The van der Waals surface area contributed by atoms with Gasteiger partial charge in [0.25, 0.3) is 5.91 Å². The van der Waals surface area contributed by atoms with Crippen molar-refractivity contribution in [1.82, 2.24) is 19.6 Å². The summed E-state index contributed by atoms with van der Waals surface area (Å²) in [6, 6.07) is 7.25. The maximum absolute atomic E-state index is 12.8. The standard InChI is InChI=1S/C17H21ClN4O2/c1-24-12-11-20-7-9-21(10-8-20)17(23)15-13-14(3-4-16(15)18)22-6-2-5-19-22/h2-6,13H,7-12H2,1H3. The minimum absolute atomic E-state index is 0.0274. The number of benzene rings is 1. The summed E-state index contributed by atoms with van der Waals surface area (Å²) >= 11 is 6.26. The van der Waals surface area contributed by atoms with Crippen molar-refractivity contribution in [3.05, 3.63) is 47.2 Å². The van der Waals surface area contributed by atoms with Crippen LogP contribution in [0.15, 0.2) is 36.7 Å². The molecule has 1 aromatic heterocycles. The van der Waals surface area contributed by atoms with Gasteiger partial charge in [-0.1, -0.05) is 11.6 Å². The monoisotopic (exact) mass is 348 g/mol. The van der Waals surface area contributed by atoms with Crippen molar-refractivity contribution in [1.29, 1.82) is 0 Å². The summed E-state index contributed by atoms with van der Waals surface area (Å²) < 4.78 is 6.82. The van der Waals surface area contributed by atoms with Crippen molar-refractivity contribution < 1.29 is 9.53 Å². The van der Waals surface area contributed by atoms with Crippen molar-refractivity contribution in [3.63, 3.8) is 0 Å². The van der Waals surface area contributed by atoms with Crippen LogP contribution in [0.4, 0.5) is 0 Å². The van der Waals surface area contributed by atoms with Gasteiger partial charge in [-0.3, -0.25) is 9.69 Å². The lowest BCUT2D eigenvalue weighted by Gasteiger charge is -2.34. The Balaban J connectivity index is 1.70. The van der Waals surface area contributed by atoms with Crippen molar-refractivity contribution in [2.24, 2.45) is 0 Å². The third kappa shape index (κ3) is 3.77. The molecule has 0 spiro atoms. The van der Waals surface area contributed by atoms with Crippen LogP contribution in [-0.2, 0) is 4.74 Å². The van der Waals surface area contributed by atoms with Crippen LogP contribution in [0.5, 0.6) is 0 Å². The van der Waals surface area contributed by atoms with Crippen molar-refractivity contribution in [3.8, 4) is 5.69 Å². The first kappa shape index (κ1) is 17.0. The number of carbonyl (C=O) groups is 1. The Morgan fingerprint density at radius 3 is 2.75 bits per heavy atom. The van der Waals surface area contributed by atoms with E-state index in [4.69, 9.17) is 16.3 Å². The zero-order valence-corrected chi connectivity index (χ0v) is 14.4. The number of methoxy groups -OCH3 is 1. The Labute approximate surface area is 146 Å². The van der Waals surface area contributed by atoms with Crippen LogP contribution >= 0.6 is 11.6 Å². The molecule has 0 radical (unpaired) electrons. The maximum atomic E-state index is 12.8. The first-order valence-electron chi connectivity index (χ1n) is 7.99. The molecule has 0 bridgehead atoms. The Kier molecular flexibility index (Phi) is 5.50. The second kappa shape index (κ2) is 7.79. The summed E-state index contributed by atoms with van der Waals surface area (Å²) in [5.74, 6) is -0.0274. The van der Waals surface area contributed by atoms with Crippen molar-refractivity contribution in [2.75, 3.05) is 46.4 Å². The van der Waals surface area contributed by atoms with Gasteiger partial charge in [0.05, 0.1) is 22.9 Å². The minimum Gasteiger partial charge on any atom is -0.383 e. The van der Waals surface area contributed by atoms with Crippen molar-refractivity contribution >= 4 is 17.5 Å². The van der Waals surface area contributed by atoms with Gasteiger partial charge in [0.2, 0.25) is 0 Å². The molecule has 0 N–H and O–H groups in total. The van der Waals surface area contributed by atoms with E-state index in [1.54, 1.807) is 30.1 Å². The molecule has 1 saturated heterocycles. The molecule has 7 heteroatoms. The summed E-state index contributed by atoms with van der Waals surface area (Å²) in [6.07, 6.45) is 3.54. The predicted molar refractivity (Wildman–Crippen MR) is 92.8 cm³/mol. The van der Waals surface area contributed by atoms with Crippen molar-refractivity contribution in [2.45, 2.75) is 0 Å². The van der Waals surface area contributed by atoms with Gasteiger partial charge >= 0.3 is 0 Å². The molecular weight excluding hydrogens is 328 g/mol. The van der Waals surface area contributed by atoms with Gasteiger partial charge in [-0.05, 0) is 24.3 Å². The van der Waals surface area contributed by atoms with Crippen LogP contribution in [-0.4, -0.2) is 71.9 Å². The van der Waals surface area contributed by atoms with E-state index in [1.165, 1.54) is 0 Å². The van der Waals surface area contributed by atoms with E-state index >= 15 is 0 Å². The molecule has 0 saturated carbocycles. The third-order valence-corrected chi connectivity index (χ3v) is 4.55. The Morgan fingerprint density at radius 1 is 1.29 bits per heavy atom.